The Balaban J connectivity index is 2.43. The normalized spacial score (nSPS) is 26.4. The van der Waals surface area contributed by atoms with Crippen molar-refractivity contribution < 1.29 is 4.74 Å². The van der Waals surface area contributed by atoms with Gasteiger partial charge in [-0.15, -0.1) is 0 Å². The molecule has 0 amide bonds. The number of rotatable bonds is 1. The van der Waals surface area contributed by atoms with Crippen LogP contribution in [0.3, 0.4) is 0 Å². The van der Waals surface area contributed by atoms with Crippen molar-refractivity contribution in [3.8, 4) is 0 Å². The first-order valence-electron chi connectivity index (χ1n) is 7.07. The lowest BCUT2D eigenvalue weighted by Crippen LogP contribution is -1.93. The van der Waals surface area contributed by atoms with Crippen molar-refractivity contribution in [3.05, 3.63) is 11.3 Å². The highest BCUT2D eigenvalue weighted by Crippen LogP contribution is 2.21. The molecule has 1 rings (SSSR count). The van der Waals surface area contributed by atoms with E-state index in [4.69, 9.17) is 4.74 Å². The summed E-state index contributed by atoms with van der Waals surface area (Å²) in [7, 11) is 1.83. The lowest BCUT2D eigenvalue weighted by atomic mass is 10.0. The minimum Gasteiger partial charge on any atom is -0.501 e. The average molecular weight is 224 g/mol. The Labute approximate surface area is 101 Å². The molecule has 0 aromatic rings. The van der Waals surface area contributed by atoms with Gasteiger partial charge in [0.15, 0.2) is 0 Å². The molecule has 16 heavy (non-hydrogen) atoms. The van der Waals surface area contributed by atoms with Crippen LogP contribution < -0.4 is 0 Å². The maximum atomic E-state index is 5.52. The Morgan fingerprint density at radius 2 is 1.12 bits per heavy atom. The lowest BCUT2D eigenvalue weighted by Gasteiger charge is -2.10. The molecule has 0 fully saturated rings. The Morgan fingerprint density at radius 3 is 1.62 bits per heavy atom. The summed E-state index contributed by atoms with van der Waals surface area (Å²) < 4.78 is 5.52. The van der Waals surface area contributed by atoms with E-state index in [0.717, 1.165) is 6.42 Å². The fourth-order valence-electron chi connectivity index (χ4n) is 2.54. The van der Waals surface area contributed by atoms with E-state index in [0.29, 0.717) is 0 Å². The van der Waals surface area contributed by atoms with Crippen LogP contribution >= 0.6 is 0 Å². The van der Waals surface area contributed by atoms with Gasteiger partial charge in [0.2, 0.25) is 0 Å². The van der Waals surface area contributed by atoms with Crippen molar-refractivity contribution in [2.45, 2.75) is 77.6 Å². The van der Waals surface area contributed by atoms with E-state index < -0.39 is 0 Å². The van der Waals surface area contributed by atoms with Crippen LogP contribution in [0.5, 0.6) is 0 Å². The van der Waals surface area contributed by atoms with Crippen LogP contribution in [0.15, 0.2) is 11.3 Å². The standard InChI is InChI=1S/C15H28O/c1-14-12-10-8-6-4-3-5-7-9-11-13-15(14)16-2/h3-13H2,1-2H3/b15-14+. The number of hydrogen-bond donors (Lipinski definition) is 0. The molecule has 94 valence electrons. The monoisotopic (exact) mass is 224 g/mol. The Kier molecular flexibility index (Phi) is 7.37. The molecule has 0 saturated heterocycles. The van der Waals surface area contributed by atoms with Gasteiger partial charge >= 0.3 is 0 Å². The predicted octanol–water partition coefficient (Wildman–Crippen LogP) is 5.21. The van der Waals surface area contributed by atoms with Gasteiger partial charge in [-0.3, -0.25) is 0 Å². The quantitative estimate of drug-likeness (QED) is 0.594. The third-order valence-corrected chi connectivity index (χ3v) is 3.68. The molecule has 0 aliphatic heterocycles. The van der Waals surface area contributed by atoms with Crippen LogP contribution in [0.1, 0.15) is 77.6 Å². The molecule has 0 heterocycles. The summed E-state index contributed by atoms with van der Waals surface area (Å²) in [4.78, 5) is 0. The highest BCUT2D eigenvalue weighted by Gasteiger charge is 2.04. The minimum absolute atomic E-state index is 1.16. The smallest absolute Gasteiger partial charge is 0.0944 e. The molecule has 0 bridgehead atoms. The Morgan fingerprint density at radius 1 is 0.688 bits per heavy atom. The van der Waals surface area contributed by atoms with E-state index in [1.54, 1.807) is 0 Å². The zero-order chi connectivity index (χ0) is 11.6. The highest BCUT2D eigenvalue weighted by atomic mass is 16.5. The predicted molar refractivity (Wildman–Crippen MR) is 70.5 cm³/mol. The fourth-order valence-corrected chi connectivity index (χ4v) is 2.54. The number of ether oxygens (including phenoxy) is 1. The first-order chi connectivity index (χ1) is 7.84. The second-order valence-electron chi connectivity index (χ2n) is 5.09. The maximum absolute atomic E-state index is 5.52. The topological polar surface area (TPSA) is 9.23 Å². The van der Waals surface area contributed by atoms with E-state index >= 15 is 0 Å². The lowest BCUT2D eigenvalue weighted by molar-refractivity contribution is 0.267. The van der Waals surface area contributed by atoms with Gasteiger partial charge in [-0.05, 0) is 31.8 Å². The molecule has 1 nitrogen and oxygen atoms in total. The molecule has 1 aliphatic carbocycles. The Hall–Kier alpha value is -0.460. The molecule has 0 saturated carbocycles. The molecule has 0 aromatic carbocycles. The van der Waals surface area contributed by atoms with E-state index in [-0.39, 0.29) is 0 Å². The van der Waals surface area contributed by atoms with Gasteiger partial charge in [0, 0.05) is 6.42 Å². The summed E-state index contributed by atoms with van der Waals surface area (Å²) in [6.45, 7) is 2.25. The number of allylic oxidation sites excluding steroid dienone is 2. The van der Waals surface area contributed by atoms with Crippen molar-refractivity contribution in [1.82, 2.24) is 0 Å². The second kappa shape index (κ2) is 8.66. The van der Waals surface area contributed by atoms with Crippen LogP contribution in [0.2, 0.25) is 0 Å². The van der Waals surface area contributed by atoms with Crippen molar-refractivity contribution >= 4 is 0 Å². The molecule has 0 spiro atoms. The van der Waals surface area contributed by atoms with Gasteiger partial charge in [0.1, 0.15) is 0 Å². The summed E-state index contributed by atoms with van der Waals surface area (Å²) in [5.41, 5.74) is 1.49. The molecule has 0 aromatic heterocycles. The van der Waals surface area contributed by atoms with Gasteiger partial charge in [0.25, 0.3) is 0 Å². The molecule has 0 N–H and O–H groups in total. The van der Waals surface area contributed by atoms with Gasteiger partial charge < -0.3 is 4.74 Å². The summed E-state index contributed by atoms with van der Waals surface area (Å²) in [6, 6.07) is 0. The van der Waals surface area contributed by atoms with Crippen LogP contribution in [0.4, 0.5) is 0 Å². The van der Waals surface area contributed by atoms with Crippen molar-refractivity contribution in [2.75, 3.05) is 7.11 Å². The summed E-state index contributed by atoms with van der Waals surface area (Å²) in [5, 5.41) is 0. The first-order valence-corrected chi connectivity index (χ1v) is 7.07. The van der Waals surface area contributed by atoms with Gasteiger partial charge in [0.05, 0.1) is 12.9 Å². The van der Waals surface area contributed by atoms with Crippen LogP contribution in [0.25, 0.3) is 0 Å². The van der Waals surface area contributed by atoms with Crippen molar-refractivity contribution in [1.29, 1.82) is 0 Å². The molecule has 0 radical (unpaired) electrons. The third kappa shape index (κ3) is 5.58. The number of hydrogen-bond acceptors (Lipinski definition) is 1. The molecule has 0 unspecified atom stereocenters. The second-order valence-corrected chi connectivity index (χ2v) is 5.09. The molecule has 1 heteroatoms. The molecule has 1 aliphatic rings. The first kappa shape index (κ1) is 13.6. The zero-order valence-electron chi connectivity index (χ0n) is 11.2. The van der Waals surface area contributed by atoms with Crippen LogP contribution in [0, 0.1) is 0 Å². The highest BCUT2D eigenvalue weighted by molar-refractivity contribution is 5.05. The minimum atomic E-state index is 1.16. The van der Waals surface area contributed by atoms with Gasteiger partial charge in [-0.1, -0.05) is 44.9 Å². The van der Waals surface area contributed by atoms with E-state index in [1.165, 1.54) is 75.5 Å². The van der Waals surface area contributed by atoms with E-state index in [2.05, 4.69) is 6.92 Å². The summed E-state index contributed by atoms with van der Waals surface area (Å²) >= 11 is 0. The summed E-state index contributed by atoms with van der Waals surface area (Å²) in [5.74, 6) is 1.26. The SMILES string of the molecule is CO/C1=C(\C)CCCCCCCCCCC1. The van der Waals surface area contributed by atoms with Crippen molar-refractivity contribution in [3.63, 3.8) is 0 Å². The van der Waals surface area contributed by atoms with Crippen molar-refractivity contribution in [2.24, 2.45) is 0 Å². The van der Waals surface area contributed by atoms with E-state index in [1.807, 2.05) is 7.11 Å². The third-order valence-electron chi connectivity index (χ3n) is 3.68. The zero-order valence-corrected chi connectivity index (χ0v) is 11.2. The summed E-state index contributed by atoms with van der Waals surface area (Å²) in [6.07, 6.45) is 15.0. The maximum Gasteiger partial charge on any atom is 0.0944 e. The average Bonchev–Trinajstić information content (AvgIpc) is 2.31. The molecular weight excluding hydrogens is 196 g/mol. The van der Waals surface area contributed by atoms with Gasteiger partial charge in [-0.25, -0.2) is 0 Å². The van der Waals surface area contributed by atoms with Crippen LogP contribution in [-0.4, -0.2) is 7.11 Å². The largest absolute Gasteiger partial charge is 0.501 e. The van der Waals surface area contributed by atoms with Crippen LogP contribution in [-0.2, 0) is 4.74 Å². The van der Waals surface area contributed by atoms with Gasteiger partial charge in [-0.2, -0.15) is 0 Å². The fraction of sp³-hybridized carbons (Fsp3) is 0.867. The Bertz CT molecular complexity index is 205. The molecule has 0 atom stereocenters. The number of methoxy groups -OCH3 is 1. The van der Waals surface area contributed by atoms with E-state index in [9.17, 15) is 0 Å². The molecular formula is C15H28O.